The van der Waals surface area contributed by atoms with Gasteiger partial charge in [0, 0.05) is 17.0 Å². The molecular formula is C18H14N2O5. The highest BCUT2D eigenvalue weighted by atomic mass is 16.5. The molecule has 0 amide bonds. The Morgan fingerprint density at radius 1 is 1.08 bits per heavy atom. The van der Waals surface area contributed by atoms with Gasteiger partial charge in [0.1, 0.15) is 11.5 Å². The molecule has 0 aliphatic heterocycles. The van der Waals surface area contributed by atoms with E-state index in [4.69, 9.17) is 15.6 Å². The number of nitrogens with two attached hydrogens (primary N) is 1. The van der Waals surface area contributed by atoms with Crippen LogP contribution in [0.3, 0.4) is 0 Å². The van der Waals surface area contributed by atoms with Crippen LogP contribution in [0.15, 0.2) is 54.7 Å². The van der Waals surface area contributed by atoms with Crippen molar-refractivity contribution in [1.82, 2.24) is 4.98 Å². The summed E-state index contributed by atoms with van der Waals surface area (Å²) in [5.41, 5.74) is 4.92. The van der Waals surface area contributed by atoms with Gasteiger partial charge in [-0.1, -0.05) is 18.2 Å². The molecule has 0 saturated heterocycles. The second-order valence-corrected chi connectivity index (χ2v) is 5.30. The number of carbonyl (C=O) groups excluding carboxylic acids is 1. The van der Waals surface area contributed by atoms with Crippen molar-refractivity contribution in [3.8, 4) is 17.2 Å². The van der Waals surface area contributed by atoms with Crippen LogP contribution in [0.4, 0.5) is 0 Å². The first-order valence-corrected chi connectivity index (χ1v) is 7.34. The molecule has 126 valence electrons. The van der Waals surface area contributed by atoms with Gasteiger partial charge in [-0.25, -0.2) is 4.98 Å². The van der Waals surface area contributed by atoms with Crippen molar-refractivity contribution >= 4 is 22.5 Å². The Balaban J connectivity index is 1.96. The number of carbonyl (C=O) groups is 2. The highest BCUT2D eigenvalue weighted by Crippen LogP contribution is 2.31. The molecule has 0 bridgehead atoms. The maximum atomic E-state index is 12.0. The summed E-state index contributed by atoms with van der Waals surface area (Å²) in [6, 6.07) is 12.2. The monoisotopic (exact) mass is 338 g/mol. The number of nitrogens with zero attached hydrogens (tertiary/aromatic N) is 1. The minimum absolute atomic E-state index is 0.344. The smallest absolute Gasteiger partial charge is 0.328 e. The van der Waals surface area contributed by atoms with Gasteiger partial charge < -0.3 is 20.7 Å². The van der Waals surface area contributed by atoms with Crippen molar-refractivity contribution in [3.63, 3.8) is 0 Å². The lowest BCUT2D eigenvalue weighted by Crippen LogP contribution is -2.38. The van der Waals surface area contributed by atoms with E-state index in [0.29, 0.717) is 22.3 Å². The summed E-state index contributed by atoms with van der Waals surface area (Å²) in [6.07, 6.45) is 1.36. The predicted octanol–water partition coefficient (Wildman–Crippen LogP) is 2.33. The van der Waals surface area contributed by atoms with E-state index < -0.39 is 23.5 Å². The number of carboxylic acids is 1. The molecule has 1 atom stereocenters. The molecule has 0 aliphatic rings. The standard InChI is InChI=1S/C18H14N2O5/c19-14(18(23)24)17(22)15-16(21)13-7-6-12(8-10(13)9-20-15)25-11-4-2-1-3-5-11/h1-9,14,21H,19H2,(H,23,24). The van der Waals surface area contributed by atoms with Crippen LogP contribution in [0.5, 0.6) is 17.2 Å². The second-order valence-electron chi connectivity index (χ2n) is 5.30. The van der Waals surface area contributed by atoms with E-state index in [-0.39, 0.29) is 5.69 Å². The van der Waals surface area contributed by atoms with E-state index >= 15 is 0 Å². The van der Waals surface area contributed by atoms with E-state index in [0.717, 1.165) is 0 Å². The average Bonchev–Trinajstić information content (AvgIpc) is 2.61. The predicted molar refractivity (Wildman–Crippen MR) is 89.9 cm³/mol. The molecule has 1 unspecified atom stereocenters. The largest absolute Gasteiger partial charge is 0.505 e. The SMILES string of the molecule is NC(C(=O)O)C(=O)c1ncc2cc(Oc3ccccc3)ccc2c1O. The molecule has 3 rings (SSSR count). The number of carboxylic acid groups (broad SMARTS) is 1. The molecular weight excluding hydrogens is 324 g/mol. The molecule has 0 saturated carbocycles. The number of benzene rings is 2. The van der Waals surface area contributed by atoms with E-state index in [1.807, 2.05) is 18.2 Å². The number of aliphatic carboxylic acids is 1. The summed E-state index contributed by atoms with van der Waals surface area (Å²) in [5.74, 6) is -1.68. The highest BCUT2D eigenvalue weighted by Gasteiger charge is 2.27. The van der Waals surface area contributed by atoms with Crippen LogP contribution in [-0.2, 0) is 4.79 Å². The van der Waals surface area contributed by atoms with Crippen LogP contribution >= 0.6 is 0 Å². The van der Waals surface area contributed by atoms with Crippen molar-refractivity contribution in [1.29, 1.82) is 0 Å². The fourth-order valence-corrected chi connectivity index (χ4v) is 2.31. The molecule has 0 spiro atoms. The van der Waals surface area contributed by atoms with Gasteiger partial charge >= 0.3 is 5.97 Å². The number of ether oxygens (including phenoxy) is 1. The summed E-state index contributed by atoms with van der Waals surface area (Å²) in [5, 5.41) is 20.0. The Labute approximate surface area is 142 Å². The lowest BCUT2D eigenvalue weighted by atomic mass is 10.1. The zero-order valence-corrected chi connectivity index (χ0v) is 12.9. The Kier molecular flexibility index (Phi) is 4.32. The molecule has 3 aromatic rings. The number of pyridine rings is 1. The van der Waals surface area contributed by atoms with Gasteiger partial charge in [0.25, 0.3) is 0 Å². The van der Waals surface area contributed by atoms with Gasteiger partial charge in [0.05, 0.1) is 0 Å². The van der Waals surface area contributed by atoms with Gasteiger partial charge in [0.15, 0.2) is 17.5 Å². The number of hydrogen-bond acceptors (Lipinski definition) is 6. The van der Waals surface area contributed by atoms with E-state index in [2.05, 4.69) is 4.98 Å². The van der Waals surface area contributed by atoms with Crippen LogP contribution in [0.2, 0.25) is 0 Å². The molecule has 0 aliphatic carbocycles. The topological polar surface area (TPSA) is 123 Å². The molecule has 1 heterocycles. The molecule has 25 heavy (non-hydrogen) atoms. The van der Waals surface area contributed by atoms with Gasteiger partial charge in [-0.2, -0.15) is 0 Å². The Hall–Kier alpha value is -3.45. The van der Waals surface area contributed by atoms with Crippen molar-refractivity contribution in [2.45, 2.75) is 6.04 Å². The summed E-state index contributed by atoms with van der Waals surface area (Å²) >= 11 is 0. The minimum atomic E-state index is -1.78. The highest BCUT2D eigenvalue weighted by molar-refractivity contribution is 6.13. The normalized spacial score (nSPS) is 11.9. The second kappa shape index (κ2) is 6.58. The molecule has 1 aromatic heterocycles. The van der Waals surface area contributed by atoms with Crippen LogP contribution in [-0.4, -0.2) is 33.0 Å². The van der Waals surface area contributed by atoms with Crippen molar-refractivity contribution in [2.75, 3.05) is 0 Å². The quantitative estimate of drug-likeness (QED) is 0.482. The summed E-state index contributed by atoms with van der Waals surface area (Å²) in [7, 11) is 0. The third-order valence-corrected chi connectivity index (χ3v) is 3.60. The van der Waals surface area contributed by atoms with Crippen LogP contribution in [0.1, 0.15) is 10.5 Å². The van der Waals surface area contributed by atoms with Crippen LogP contribution < -0.4 is 10.5 Å². The lowest BCUT2D eigenvalue weighted by Gasteiger charge is -2.10. The van der Waals surface area contributed by atoms with Crippen molar-refractivity contribution in [2.24, 2.45) is 5.73 Å². The Morgan fingerprint density at radius 2 is 1.80 bits per heavy atom. The van der Waals surface area contributed by atoms with Crippen molar-refractivity contribution in [3.05, 3.63) is 60.4 Å². The van der Waals surface area contributed by atoms with Crippen LogP contribution in [0, 0.1) is 0 Å². The number of rotatable bonds is 5. The fraction of sp³-hybridized carbons (Fsp3) is 0.0556. The molecule has 0 radical (unpaired) electrons. The molecule has 0 fully saturated rings. The number of ketones is 1. The van der Waals surface area contributed by atoms with E-state index in [1.54, 1.807) is 30.3 Å². The maximum Gasteiger partial charge on any atom is 0.328 e. The summed E-state index contributed by atoms with van der Waals surface area (Å²) in [6.45, 7) is 0. The number of hydrogen-bond donors (Lipinski definition) is 3. The summed E-state index contributed by atoms with van der Waals surface area (Å²) in [4.78, 5) is 26.7. The number of para-hydroxylation sites is 1. The number of aromatic hydroxyl groups is 1. The number of fused-ring (bicyclic) bond motifs is 1. The minimum Gasteiger partial charge on any atom is -0.505 e. The molecule has 7 heteroatoms. The van der Waals surface area contributed by atoms with Gasteiger partial charge in [-0.15, -0.1) is 0 Å². The van der Waals surface area contributed by atoms with Gasteiger partial charge in [0.2, 0.25) is 5.78 Å². The molecule has 7 nitrogen and oxygen atoms in total. The third-order valence-electron chi connectivity index (χ3n) is 3.60. The zero-order chi connectivity index (χ0) is 18.0. The van der Waals surface area contributed by atoms with E-state index in [1.165, 1.54) is 6.20 Å². The first-order valence-electron chi connectivity index (χ1n) is 7.34. The Bertz CT molecular complexity index is 956. The number of aromatic nitrogens is 1. The molecule has 2 aromatic carbocycles. The number of Topliss-reactive ketones (excluding diaryl/α,β-unsaturated/α-hetero) is 1. The van der Waals surface area contributed by atoms with Gasteiger partial charge in [-0.3, -0.25) is 9.59 Å². The summed E-state index contributed by atoms with van der Waals surface area (Å²) < 4.78 is 5.70. The average molecular weight is 338 g/mol. The van der Waals surface area contributed by atoms with E-state index in [9.17, 15) is 14.7 Å². The van der Waals surface area contributed by atoms with Crippen LogP contribution in [0.25, 0.3) is 10.8 Å². The third kappa shape index (κ3) is 3.26. The van der Waals surface area contributed by atoms with Gasteiger partial charge in [-0.05, 0) is 30.3 Å². The molecule has 4 N–H and O–H groups in total. The Morgan fingerprint density at radius 3 is 2.48 bits per heavy atom. The fourth-order valence-electron chi connectivity index (χ4n) is 2.31. The van der Waals surface area contributed by atoms with Crippen molar-refractivity contribution < 1.29 is 24.5 Å². The zero-order valence-electron chi connectivity index (χ0n) is 12.9. The first kappa shape index (κ1) is 16.4. The lowest BCUT2D eigenvalue weighted by molar-refractivity contribution is -0.137. The maximum absolute atomic E-state index is 12.0. The first-order chi connectivity index (χ1) is 12.0.